The Kier molecular flexibility index (Phi) is 6.54. The molecule has 2 rings (SSSR count). The molecule has 0 spiro atoms. The largest absolute Gasteiger partial charge is 0.351 e. The van der Waals surface area contributed by atoms with Crippen molar-refractivity contribution in [1.29, 1.82) is 0 Å². The predicted molar refractivity (Wildman–Crippen MR) is 95.5 cm³/mol. The molecule has 7 heteroatoms. The summed E-state index contributed by atoms with van der Waals surface area (Å²) in [7, 11) is 0. The van der Waals surface area contributed by atoms with Crippen LogP contribution in [0.25, 0.3) is 0 Å². The molecule has 2 aromatic rings. The van der Waals surface area contributed by atoms with Crippen LogP contribution < -0.4 is 5.32 Å². The number of pyridine rings is 1. The summed E-state index contributed by atoms with van der Waals surface area (Å²) in [4.78, 5) is 16.7. The fourth-order valence-corrected chi connectivity index (χ4v) is 3.30. The molecule has 2 aromatic heterocycles. The number of amides is 1. The molecule has 0 saturated carbocycles. The van der Waals surface area contributed by atoms with Gasteiger partial charge in [0.1, 0.15) is 5.82 Å². The van der Waals surface area contributed by atoms with E-state index in [1.165, 1.54) is 11.8 Å². The van der Waals surface area contributed by atoms with Crippen molar-refractivity contribution in [2.75, 3.05) is 0 Å². The van der Waals surface area contributed by atoms with Crippen molar-refractivity contribution >= 4 is 17.7 Å². The third-order valence-corrected chi connectivity index (χ3v) is 5.02. The van der Waals surface area contributed by atoms with E-state index < -0.39 is 0 Å². The van der Waals surface area contributed by atoms with E-state index in [4.69, 9.17) is 0 Å². The van der Waals surface area contributed by atoms with Crippen molar-refractivity contribution in [2.24, 2.45) is 5.92 Å². The van der Waals surface area contributed by atoms with E-state index in [2.05, 4.69) is 27.1 Å². The van der Waals surface area contributed by atoms with Crippen LogP contribution >= 0.6 is 11.8 Å². The van der Waals surface area contributed by atoms with Crippen LogP contribution in [0.4, 0.5) is 0 Å². The summed E-state index contributed by atoms with van der Waals surface area (Å²) in [5, 5.41) is 11.8. The first-order valence-electron chi connectivity index (χ1n) is 7.87. The third-order valence-electron chi connectivity index (χ3n) is 3.50. The number of aryl methyl sites for hydroxylation is 1. The van der Waals surface area contributed by atoms with Crippen LogP contribution in [-0.2, 0) is 17.9 Å². The zero-order valence-electron chi connectivity index (χ0n) is 14.3. The van der Waals surface area contributed by atoms with Gasteiger partial charge in [-0.2, -0.15) is 0 Å². The minimum absolute atomic E-state index is 0.00957. The molecule has 0 saturated heterocycles. The normalized spacial score (nSPS) is 12.2. The average Bonchev–Trinajstić information content (AvgIpc) is 2.92. The summed E-state index contributed by atoms with van der Waals surface area (Å²) in [6.07, 6.45) is 5.27. The number of thioether (sulfide) groups is 1. The van der Waals surface area contributed by atoms with Gasteiger partial charge < -0.3 is 9.88 Å². The Morgan fingerprint density at radius 1 is 1.46 bits per heavy atom. The van der Waals surface area contributed by atoms with E-state index in [-0.39, 0.29) is 17.1 Å². The molecule has 6 nitrogen and oxygen atoms in total. The van der Waals surface area contributed by atoms with Crippen molar-refractivity contribution in [3.63, 3.8) is 0 Å². The van der Waals surface area contributed by atoms with Crippen LogP contribution in [0.2, 0.25) is 0 Å². The average molecular weight is 345 g/mol. The molecule has 0 aromatic carbocycles. The molecule has 0 aliphatic heterocycles. The second kappa shape index (κ2) is 8.63. The van der Waals surface area contributed by atoms with Crippen LogP contribution in [0.1, 0.15) is 25.2 Å². The quantitative estimate of drug-likeness (QED) is 0.588. The van der Waals surface area contributed by atoms with Crippen molar-refractivity contribution in [2.45, 2.75) is 44.3 Å². The molecular formula is C17H23N5OS. The number of hydrogen-bond donors (Lipinski definition) is 1. The number of carbonyl (C=O) groups excluding carboxylic acids is 1. The molecule has 0 radical (unpaired) electrons. The number of nitrogens with one attached hydrogen (secondary N) is 1. The van der Waals surface area contributed by atoms with E-state index in [0.29, 0.717) is 13.1 Å². The van der Waals surface area contributed by atoms with Crippen molar-refractivity contribution in [3.8, 4) is 0 Å². The van der Waals surface area contributed by atoms with Gasteiger partial charge in [0, 0.05) is 25.5 Å². The maximum absolute atomic E-state index is 12.6. The Balaban J connectivity index is 2.06. The standard InChI is InChI=1S/C17H23N5OS/c1-5-9-22-13(4)20-21-17(22)24-15(12(2)3)16(23)19-11-14-7-6-8-18-10-14/h5-8,10,12,15H,1,9,11H2,2-4H3,(H,19,23)/t15-/m1/s1. The van der Waals surface area contributed by atoms with Crippen LogP contribution in [0.5, 0.6) is 0 Å². The first kappa shape index (κ1) is 18.2. The van der Waals surface area contributed by atoms with Crippen molar-refractivity contribution in [1.82, 2.24) is 25.1 Å². The number of rotatable bonds is 8. The second-order valence-electron chi connectivity index (χ2n) is 5.79. The number of nitrogens with zero attached hydrogens (tertiary/aromatic N) is 4. The van der Waals surface area contributed by atoms with Crippen LogP contribution in [-0.4, -0.2) is 30.9 Å². The number of allylic oxidation sites excluding steroid dienone is 1. The lowest BCUT2D eigenvalue weighted by Gasteiger charge is -2.19. The molecule has 0 fully saturated rings. The monoisotopic (exact) mass is 345 g/mol. The van der Waals surface area contributed by atoms with Gasteiger partial charge >= 0.3 is 0 Å². The summed E-state index contributed by atoms with van der Waals surface area (Å²) >= 11 is 1.44. The van der Waals surface area contributed by atoms with Gasteiger partial charge in [0.25, 0.3) is 0 Å². The second-order valence-corrected chi connectivity index (χ2v) is 6.90. The zero-order valence-corrected chi connectivity index (χ0v) is 15.1. The van der Waals surface area contributed by atoms with Crippen LogP contribution in [0, 0.1) is 12.8 Å². The van der Waals surface area contributed by atoms with E-state index in [0.717, 1.165) is 16.5 Å². The first-order valence-corrected chi connectivity index (χ1v) is 8.74. The van der Waals surface area contributed by atoms with Gasteiger partial charge in [0.05, 0.1) is 5.25 Å². The molecule has 128 valence electrons. The molecule has 24 heavy (non-hydrogen) atoms. The van der Waals surface area contributed by atoms with Gasteiger partial charge in [-0.1, -0.05) is 37.8 Å². The fourth-order valence-electron chi connectivity index (χ4n) is 2.19. The predicted octanol–water partition coefficient (Wildman–Crippen LogP) is 2.60. The summed E-state index contributed by atoms with van der Waals surface area (Å²) < 4.78 is 1.96. The number of carbonyl (C=O) groups is 1. The highest BCUT2D eigenvalue weighted by atomic mass is 32.2. The highest BCUT2D eigenvalue weighted by Gasteiger charge is 2.26. The van der Waals surface area contributed by atoms with Crippen LogP contribution in [0.3, 0.4) is 0 Å². The van der Waals surface area contributed by atoms with Gasteiger partial charge in [-0.25, -0.2) is 0 Å². The topological polar surface area (TPSA) is 72.7 Å². The molecule has 0 aliphatic rings. The van der Waals surface area contributed by atoms with E-state index in [1.807, 2.05) is 37.5 Å². The molecule has 0 bridgehead atoms. The van der Waals surface area contributed by atoms with E-state index in [1.54, 1.807) is 18.5 Å². The SMILES string of the molecule is C=CCn1c(C)nnc1S[C@@H](C(=O)NCc1cccnc1)C(C)C. The highest BCUT2D eigenvalue weighted by Crippen LogP contribution is 2.27. The zero-order chi connectivity index (χ0) is 17.5. The summed E-state index contributed by atoms with van der Waals surface area (Å²) in [6.45, 7) is 10.8. The fraction of sp³-hybridized carbons (Fsp3) is 0.412. The molecule has 1 atom stereocenters. The molecule has 0 aliphatic carbocycles. The van der Waals surface area contributed by atoms with Crippen LogP contribution in [0.15, 0.2) is 42.3 Å². The lowest BCUT2D eigenvalue weighted by molar-refractivity contribution is -0.121. The van der Waals surface area contributed by atoms with Gasteiger partial charge in [-0.3, -0.25) is 9.78 Å². The Morgan fingerprint density at radius 2 is 2.25 bits per heavy atom. The smallest absolute Gasteiger partial charge is 0.234 e. The summed E-state index contributed by atoms with van der Waals surface area (Å²) in [5.74, 6) is 0.971. The Morgan fingerprint density at radius 3 is 2.88 bits per heavy atom. The van der Waals surface area contributed by atoms with Crippen molar-refractivity contribution in [3.05, 3.63) is 48.6 Å². The maximum atomic E-state index is 12.6. The maximum Gasteiger partial charge on any atom is 0.234 e. The Labute approximate surface area is 146 Å². The lowest BCUT2D eigenvalue weighted by Crippen LogP contribution is -2.35. The lowest BCUT2D eigenvalue weighted by atomic mass is 10.1. The molecule has 0 unspecified atom stereocenters. The number of hydrogen-bond acceptors (Lipinski definition) is 5. The van der Waals surface area contributed by atoms with E-state index in [9.17, 15) is 4.79 Å². The minimum atomic E-state index is -0.242. The number of aromatic nitrogens is 4. The minimum Gasteiger partial charge on any atom is -0.351 e. The summed E-state index contributed by atoms with van der Waals surface area (Å²) in [5.41, 5.74) is 0.976. The Hall–Kier alpha value is -2.15. The van der Waals surface area contributed by atoms with Gasteiger partial charge in [-0.05, 0) is 24.5 Å². The van der Waals surface area contributed by atoms with Crippen molar-refractivity contribution < 1.29 is 4.79 Å². The molecule has 1 amide bonds. The Bertz CT molecular complexity index is 684. The highest BCUT2D eigenvalue weighted by molar-refractivity contribution is 8.00. The molecular weight excluding hydrogens is 322 g/mol. The molecule has 2 heterocycles. The van der Waals surface area contributed by atoms with E-state index >= 15 is 0 Å². The first-order chi connectivity index (χ1) is 11.5. The molecule has 1 N–H and O–H groups in total. The van der Waals surface area contributed by atoms with Gasteiger partial charge in [0.15, 0.2) is 5.16 Å². The van der Waals surface area contributed by atoms with Gasteiger partial charge in [0.2, 0.25) is 5.91 Å². The third kappa shape index (κ3) is 4.67. The summed E-state index contributed by atoms with van der Waals surface area (Å²) in [6, 6.07) is 3.80. The van der Waals surface area contributed by atoms with Gasteiger partial charge in [-0.15, -0.1) is 16.8 Å².